The van der Waals surface area contributed by atoms with Gasteiger partial charge in [-0.1, -0.05) is 30.3 Å². The van der Waals surface area contributed by atoms with Crippen LogP contribution in [0.4, 0.5) is 4.79 Å². The fourth-order valence-electron chi connectivity index (χ4n) is 1.27. The Labute approximate surface area is 109 Å². The van der Waals surface area contributed by atoms with Crippen LogP contribution in [0.5, 0.6) is 0 Å². The number of rotatable bonds is 7. The molecule has 19 heavy (non-hydrogen) atoms. The maximum Gasteiger partial charge on any atom is 0.408 e. The quantitative estimate of drug-likeness (QED) is 0.608. The topological polar surface area (TPSA) is 105 Å². The second-order valence-electron chi connectivity index (χ2n) is 3.62. The minimum atomic E-state index is -1.26. The van der Waals surface area contributed by atoms with Crippen molar-refractivity contribution in [3.8, 4) is 0 Å². The number of hydrogen-bond donors (Lipinski definition) is 3. The zero-order valence-electron chi connectivity index (χ0n) is 10.0. The van der Waals surface area contributed by atoms with Crippen LogP contribution < -0.4 is 10.6 Å². The molecule has 7 heteroatoms. The van der Waals surface area contributed by atoms with Gasteiger partial charge in [-0.15, -0.1) is 0 Å². The number of carboxylic acids is 1. The fourth-order valence-corrected chi connectivity index (χ4v) is 1.27. The van der Waals surface area contributed by atoms with E-state index >= 15 is 0 Å². The largest absolute Gasteiger partial charge is 0.480 e. The van der Waals surface area contributed by atoms with Crippen molar-refractivity contribution in [2.45, 2.75) is 12.6 Å². The smallest absolute Gasteiger partial charge is 0.408 e. The Morgan fingerprint density at radius 2 is 2.00 bits per heavy atom. The van der Waals surface area contributed by atoms with Gasteiger partial charge in [0.25, 0.3) is 0 Å². The van der Waals surface area contributed by atoms with E-state index in [2.05, 4.69) is 10.6 Å². The molecule has 0 fully saturated rings. The zero-order chi connectivity index (χ0) is 14.1. The number of benzene rings is 1. The molecule has 0 aliphatic carbocycles. The first-order chi connectivity index (χ1) is 9.13. The van der Waals surface area contributed by atoms with Crippen LogP contribution in [0, 0.1) is 0 Å². The Morgan fingerprint density at radius 1 is 1.32 bits per heavy atom. The van der Waals surface area contributed by atoms with Gasteiger partial charge in [-0.2, -0.15) is 0 Å². The van der Waals surface area contributed by atoms with Crippen molar-refractivity contribution in [3.63, 3.8) is 0 Å². The summed E-state index contributed by atoms with van der Waals surface area (Å²) in [4.78, 5) is 32.3. The van der Waals surface area contributed by atoms with Crippen LogP contribution in [0.25, 0.3) is 0 Å². The van der Waals surface area contributed by atoms with Crippen molar-refractivity contribution in [1.29, 1.82) is 0 Å². The summed E-state index contributed by atoms with van der Waals surface area (Å²) in [6.07, 6.45) is -0.503. The molecule has 0 aliphatic heterocycles. The monoisotopic (exact) mass is 266 g/mol. The van der Waals surface area contributed by atoms with E-state index < -0.39 is 18.1 Å². The molecule has 0 saturated heterocycles. The van der Waals surface area contributed by atoms with Gasteiger partial charge >= 0.3 is 12.1 Å². The third-order valence-corrected chi connectivity index (χ3v) is 2.21. The maximum atomic E-state index is 11.4. The highest BCUT2D eigenvalue weighted by molar-refractivity contribution is 5.80. The predicted molar refractivity (Wildman–Crippen MR) is 65.3 cm³/mol. The Kier molecular flexibility index (Phi) is 5.87. The van der Waals surface area contributed by atoms with Crippen molar-refractivity contribution in [2.75, 3.05) is 6.54 Å². The number of carbonyl (C=O) groups excluding carboxylic acids is 2. The Balaban J connectivity index is 2.40. The first-order valence-electron chi connectivity index (χ1n) is 5.50. The highest BCUT2D eigenvalue weighted by Gasteiger charge is 2.20. The predicted octanol–water partition coefficient (Wildman–Crippen LogP) is 0.112. The lowest BCUT2D eigenvalue weighted by Gasteiger charge is -2.13. The summed E-state index contributed by atoms with van der Waals surface area (Å²) in [7, 11) is 0. The molecule has 0 heterocycles. The molecule has 0 saturated carbocycles. The van der Waals surface area contributed by atoms with E-state index in [0.29, 0.717) is 6.41 Å². The van der Waals surface area contributed by atoms with Gasteiger partial charge in [-0.25, -0.2) is 9.59 Å². The summed E-state index contributed by atoms with van der Waals surface area (Å²) >= 11 is 0. The molecule has 1 aromatic rings. The molecule has 0 unspecified atom stereocenters. The van der Waals surface area contributed by atoms with Crippen LogP contribution >= 0.6 is 0 Å². The van der Waals surface area contributed by atoms with Gasteiger partial charge in [-0.3, -0.25) is 4.79 Å². The van der Waals surface area contributed by atoms with Crippen molar-refractivity contribution >= 4 is 18.5 Å². The van der Waals surface area contributed by atoms with E-state index in [1.54, 1.807) is 24.3 Å². The molecule has 7 nitrogen and oxygen atoms in total. The Hall–Kier alpha value is -2.57. The second-order valence-corrected chi connectivity index (χ2v) is 3.62. The third kappa shape index (κ3) is 5.53. The normalized spacial score (nSPS) is 11.2. The molecule has 1 aromatic carbocycles. The van der Waals surface area contributed by atoms with Crippen LogP contribution in [0.1, 0.15) is 5.56 Å². The summed E-state index contributed by atoms with van der Waals surface area (Å²) in [6.45, 7) is -0.167. The van der Waals surface area contributed by atoms with E-state index in [1.807, 2.05) is 6.07 Å². The molecule has 0 bridgehead atoms. The highest BCUT2D eigenvalue weighted by atomic mass is 16.5. The van der Waals surface area contributed by atoms with E-state index in [9.17, 15) is 14.4 Å². The minimum absolute atomic E-state index is 0.0418. The summed E-state index contributed by atoms with van der Waals surface area (Å²) in [5, 5.41) is 13.1. The molecule has 0 radical (unpaired) electrons. The standard InChI is InChI=1S/C12H14N2O5/c15-8-13-6-10(11(16)17)14-12(18)19-7-9-4-2-1-3-5-9/h1-5,8,10H,6-7H2,(H,13,15)(H,14,18)(H,16,17)/t10-/m0/s1. The van der Waals surface area contributed by atoms with Crippen LogP contribution in [-0.2, 0) is 20.9 Å². The van der Waals surface area contributed by atoms with Gasteiger partial charge in [0.15, 0.2) is 0 Å². The summed E-state index contributed by atoms with van der Waals surface area (Å²) < 4.78 is 4.86. The molecular weight excluding hydrogens is 252 g/mol. The van der Waals surface area contributed by atoms with Crippen LogP contribution in [0.15, 0.2) is 30.3 Å². The molecule has 0 aromatic heterocycles. The van der Waals surface area contributed by atoms with Crippen LogP contribution in [0.2, 0.25) is 0 Å². The van der Waals surface area contributed by atoms with Gasteiger partial charge < -0.3 is 20.5 Å². The second kappa shape index (κ2) is 7.70. The van der Waals surface area contributed by atoms with Crippen molar-refractivity contribution in [2.24, 2.45) is 0 Å². The van der Waals surface area contributed by atoms with E-state index in [4.69, 9.17) is 9.84 Å². The molecular formula is C12H14N2O5. The number of carboxylic acid groups (broad SMARTS) is 1. The number of ether oxygens (including phenoxy) is 1. The highest BCUT2D eigenvalue weighted by Crippen LogP contribution is 2.00. The first-order valence-corrected chi connectivity index (χ1v) is 5.50. The number of aliphatic carboxylic acids is 1. The third-order valence-electron chi connectivity index (χ3n) is 2.21. The maximum absolute atomic E-state index is 11.4. The average molecular weight is 266 g/mol. The molecule has 1 rings (SSSR count). The summed E-state index contributed by atoms with van der Waals surface area (Å²) in [5.74, 6) is -1.26. The van der Waals surface area contributed by atoms with Gasteiger partial charge in [0.1, 0.15) is 12.6 Å². The molecule has 3 N–H and O–H groups in total. The van der Waals surface area contributed by atoms with Gasteiger partial charge in [0.2, 0.25) is 6.41 Å². The SMILES string of the molecule is O=CNC[C@H](NC(=O)OCc1ccccc1)C(=O)O. The van der Waals surface area contributed by atoms with Gasteiger partial charge in [0.05, 0.1) is 0 Å². The number of amides is 2. The Morgan fingerprint density at radius 3 is 2.58 bits per heavy atom. The van der Waals surface area contributed by atoms with Crippen molar-refractivity contribution in [1.82, 2.24) is 10.6 Å². The number of hydrogen-bond acceptors (Lipinski definition) is 4. The molecule has 0 spiro atoms. The lowest BCUT2D eigenvalue weighted by molar-refractivity contribution is -0.139. The van der Waals surface area contributed by atoms with E-state index in [0.717, 1.165) is 5.56 Å². The number of nitrogens with one attached hydrogen (secondary N) is 2. The minimum Gasteiger partial charge on any atom is -0.480 e. The molecule has 2 amide bonds. The van der Waals surface area contributed by atoms with E-state index in [1.165, 1.54) is 0 Å². The number of carbonyl (C=O) groups is 3. The van der Waals surface area contributed by atoms with Crippen molar-refractivity contribution in [3.05, 3.63) is 35.9 Å². The van der Waals surface area contributed by atoms with Crippen molar-refractivity contribution < 1.29 is 24.2 Å². The van der Waals surface area contributed by atoms with Gasteiger partial charge in [-0.05, 0) is 5.56 Å². The Bertz CT molecular complexity index is 435. The zero-order valence-corrected chi connectivity index (χ0v) is 10.0. The summed E-state index contributed by atoms with van der Waals surface area (Å²) in [6, 6.07) is 7.74. The molecule has 1 atom stereocenters. The molecule has 102 valence electrons. The fraction of sp³-hybridized carbons (Fsp3) is 0.250. The lowest BCUT2D eigenvalue weighted by Crippen LogP contribution is -2.47. The van der Waals surface area contributed by atoms with E-state index in [-0.39, 0.29) is 13.2 Å². The molecule has 0 aliphatic rings. The van der Waals surface area contributed by atoms with Gasteiger partial charge in [0, 0.05) is 6.54 Å². The summed E-state index contributed by atoms with van der Waals surface area (Å²) in [5.41, 5.74) is 0.788. The lowest BCUT2D eigenvalue weighted by atomic mass is 10.2. The average Bonchev–Trinajstić information content (AvgIpc) is 2.42. The van der Waals surface area contributed by atoms with Crippen LogP contribution in [-0.4, -0.2) is 36.2 Å². The number of alkyl carbamates (subject to hydrolysis) is 1. The first kappa shape index (κ1) is 14.5. The van der Waals surface area contributed by atoms with Crippen LogP contribution in [0.3, 0.4) is 0 Å².